The smallest absolute Gasteiger partial charge is 0.327 e. The first-order valence-corrected chi connectivity index (χ1v) is 14.1. The number of anilines is 1. The topological polar surface area (TPSA) is 78.0 Å². The van der Waals surface area contributed by atoms with E-state index in [9.17, 15) is 9.90 Å². The number of rotatable bonds is 19. The minimum Gasteiger partial charge on any atom is -0.480 e. The molecule has 1 rings (SSSR count). The molecule has 0 saturated carbocycles. The van der Waals surface area contributed by atoms with Crippen molar-refractivity contribution in [1.82, 2.24) is 9.97 Å². The van der Waals surface area contributed by atoms with Crippen molar-refractivity contribution in [2.45, 2.75) is 105 Å². The number of H-pyrrole nitrogens is 1. The summed E-state index contributed by atoms with van der Waals surface area (Å²) >= 11 is 1.65. The van der Waals surface area contributed by atoms with Crippen LogP contribution < -0.4 is 5.32 Å². The highest BCUT2D eigenvalue weighted by atomic mass is 32.2. The van der Waals surface area contributed by atoms with Crippen LogP contribution in [0.1, 0.15) is 98.2 Å². The van der Waals surface area contributed by atoms with Crippen molar-refractivity contribution >= 4 is 23.5 Å². The van der Waals surface area contributed by atoms with Crippen molar-refractivity contribution in [3.63, 3.8) is 0 Å². The van der Waals surface area contributed by atoms with Gasteiger partial charge in [-0.05, 0) is 44.4 Å². The van der Waals surface area contributed by atoms with E-state index in [1.165, 1.54) is 56.9 Å². The van der Waals surface area contributed by atoms with Gasteiger partial charge in [0.1, 0.15) is 17.7 Å². The minimum atomic E-state index is -0.839. The Bertz CT molecular complexity index is 687. The van der Waals surface area contributed by atoms with Gasteiger partial charge in [0.15, 0.2) is 0 Å². The maximum Gasteiger partial charge on any atom is 0.327 e. The van der Waals surface area contributed by atoms with Crippen LogP contribution in [-0.2, 0) is 4.79 Å². The van der Waals surface area contributed by atoms with Gasteiger partial charge in [-0.3, -0.25) is 0 Å². The predicted molar refractivity (Wildman–Crippen MR) is 144 cm³/mol. The van der Waals surface area contributed by atoms with Gasteiger partial charge in [0.05, 0.1) is 6.20 Å². The first kappa shape index (κ1) is 29.6. The highest BCUT2D eigenvalue weighted by Gasteiger charge is 2.17. The van der Waals surface area contributed by atoms with Crippen LogP contribution in [0.15, 0.2) is 17.8 Å². The Morgan fingerprint density at radius 1 is 1.09 bits per heavy atom. The average molecular weight is 480 g/mol. The Kier molecular flexibility index (Phi) is 15.3. The van der Waals surface area contributed by atoms with E-state index in [0.29, 0.717) is 11.6 Å². The molecule has 0 amide bonds. The quantitative estimate of drug-likeness (QED) is 0.140. The van der Waals surface area contributed by atoms with Crippen LogP contribution in [0.3, 0.4) is 0 Å². The summed E-state index contributed by atoms with van der Waals surface area (Å²) in [5, 5.41) is 12.5. The third-order valence-corrected chi connectivity index (χ3v) is 7.28. The fourth-order valence-electron chi connectivity index (χ4n) is 4.05. The molecule has 0 fully saturated rings. The molecule has 0 spiro atoms. The third-order valence-electron chi connectivity index (χ3n) is 6.31. The maximum atomic E-state index is 11.5. The number of nitrogens with zero attached hydrogens (tertiary/aromatic N) is 1. The molecule has 33 heavy (non-hydrogen) atoms. The van der Waals surface area contributed by atoms with Crippen LogP contribution in [0, 0.1) is 24.7 Å². The zero-order valence-corrected chi connectivity index (χ0v) is 22.8. The van der Waals surface area contributed by atoms with Gasteiger partial charge in [0, 0.05) is 11.5 Å². The lowest BCUT2D eigenvalue weighted by atomic mass is 9.91. The zero-order valence-electron chi connectivity index (χ0n) is 22.0. The lowest BCUT2D eigenvalue weighted by Gasteiger charge is -2.15. The van der Waals surface area contributed by atoms with Gasteiger partial charge >= 0.3 is 5.97 Å². The molecule has 190 valence electrons. The minimum absolute atomic E-state index is 0.518. The van der Waals surface area contributed by atoms with Crippen molar-refractivity contribution in [3.05, 3.63) is 23.7 Å². The molecular weight excluding hydrogens is 430 g/mol. The average Bonchev–Trinajstić information content (AvgIpc) is 3.14. The molecular formula is C27H49N3O2S. The molecule has 1 aromatic heterocycles. The van der Waals surface area contributed by atoms with E-state index >= 15 is 0 Å². The number of carboxylic acids is 1. The molecule has 0 radical (unpaired) electrons. The fraction of sp³-hybridized carbons (Fsp3) is 0.778. The van der Waals surface area contributed by atoms with Crippen LogP contribution in [0.5, 0.6) is 0 Å². The molecule has 0 aliphatic carbocycles. The van der Waals surface area contributed by atoms with E-state index in [0.717, 1.165) is 35.8 Å². The van der Waals surface area contributed by atoms with E-state index in [-0.39, 0.29) is 0 Å². The van der Waals surface area contributed by atoms with Crippen LogP contribution in [0.4, 0.5) is 5.82 Å². The Morgan fingerprint density at radius 3 is 2.24 bits per heavy atom. The Balaban J connectivity index is 2.13. The molecule has 3 atom stereocenters. The van der Waals surface area contributed by atoms with Crippen LogP contribution in [-0.4, -0.2) is 38.6 Å². The number of aromatic amines is 1. The number of carbonyl (C=O) groups is 1. The number of carboxylic acid groups (broad SMARTS) is 1. The summed E-state index contributed by atoms with van der Waals surface area (Å²) in [6.07, 6.45) is 15.8. The monoisotopic (exact) mass is 479 g/mol. The molecule has 3 unspecified atom stereocenters. The van der Waals surface area contributed by atoms with Crippen molar-refractivity contribution in [2.24, 2.45) is 17.8 Å². The number of aromatic nitrogens is 2. The van der Waals surface area contributed by atoms with Gasteiger partial charge in [0.25, 0.3) is 0 Å². The van der Waals surface area contributed by atoms with E-state index in [1.54, 1.807) is 18.0 Å². The Morgan fingerprint density at radius 2 is 1.70 bits per heavy atom. The number of aliphatic carboxylic acids is 1. The SMILES string of the molecule is CC(=CCSCC(Nc1cnc(C)[nH]1)C(=O)O)CCCC(C)CCCC(C)CCCC(C)C. The second-order valence-corrected chi connectivity index (χ2v) is 11.4. The Hall–Kier alpha value is -1.43. The molecule has 5 nitrogen and oxygen atoms in total. The molecule has 3 N–H and O–H groups in total. The number of aryl methyl sites for hydroxylation is 1. The highest BCUT2D eigenvalue weighted by molar-refractivity contribution is 7.99. The van der Waals surface area contributed by atoms with Crippen LogP contribution in [0.2, 0.25) is 0 Å². The maximum absolute atomic E-state index is 11.5. The second kappa shape index (κ2) is 17.1. The molecule has 0 aliphatic rings. The van der Waals surface area contributed by atoms with E-state index in [2.05, 4.69) is 56.0 Å². The fourth-order valence-corrected chi connectivity index (χ4v) is 5.05. The summed E-state index contributed by atoms with van der Waals surface area (Å²) in [6, 6.07) is -0.623. The van der Waals surface area contributed by atoms with Gasteiger partial charge < -0.3 is 15.4 Å². The lowest BCUT2D eigenvalue weighted by molar-refractivity contribution is -0.137. The van der Waals surface area contributed by atoms with Gasteiger partial charge in [-0.2, -0.15) is 11.8 Å². The molecule has 1 aromatic rings. The van der Waals surface area contributed by atoms with Crippen molar-refractivity contribution in [2.75, 3.05) is 16.8 Å². The van der Waals surface area contributed by atoms with Crippen LogP contribution >= 0.6 is 11.8 Å². The van der Waals surface area contributed by atoms with E-state index in [4.69, 9.17) is 0 Å². The molecule has 0 saturated heterocycles. The number of imidazole rings is 1. The van der Waals surface area contributed by atoms with Gasteiger partial charge in [-0.1, -0.05) is 84.3 Å². The first-order valence-electron chi connectivity index (χ1n) is 12.9. The first-order chi connectivity index (χ1) is 15.7. The van der Waals surface area contributed by atoms with Gasteiger partial charge in [-0.15, -0.1) is 0 Å². The largest absolute Gasteiger partial charge is 0.480 e. The van der Waals surface area contributed by atoms with Gasteiger partial charge in [-0.25, -0.2) is 9.78 Å². The number of nitrogens with one attached hydrogen (secondary N) is 2. The normalized spacial score (nSPS) is 14.9. The molecule has 0 bridgehead atoms. The van der Waals surface area contributed by atoms with Crippen molar-refractivity contribution in [3.8, 4) is 0 Å². The summed E-state index contributed by atoms with van der Waals surface area (Å²) in [7, 11) is 0. The standard InChI is InChI=1S/C27H49N3O2S/c1-20(2)10-7-11-21(3)12-8-13-22(4)14-9-15-23(5)16-17-33-19-25(27(31)32)30-26-18-28-24(6)29-26/h16,18,20-22,25,30H,7-15,17,19H2,1-6H3,(H,28,29)(H,31,32). The molecule has 0 aliphatic heterocycles. The van der Waals surface area contributed by atoms with E-state index < -0.39 is 12.0 Å². The highest BCUT2D eigenvalue weighted by Crippen LogP contribution is 2.22. The van der Waals surface area contributed by atoms with E-state index in [1.807, 2.05) is 6.92 Å². The summed E-state index contributed by atoms with van der Waals surface area (Å²) in [5.74, 6) is 4.48. The number of hydrogen-bond acceptors (Lipinski definition) is 4. The predicted octanol–water partition coefficient (Wildman–Crippen LogP) is 7.70. The summed E-state index contributed by atoms with van der Waals surface area (Å²) < 4.78 is 0. The van der Waals surface area contributed by atoms with Crippen LogP contribution in [0.25, 0.3) is 0 Å². The lowest BCUT2D eigenvalue weighted by Crippen LogP contribution is -2.31. The third kappa shape index (κ3) is 15.2. The number of hydrogen-bond donors (Lipinski definition) is 3. The number of allylic oxidation sites excluding steroid dienone is 1. The van der Waals surface area contributed by atoms with Crippen molar-refractivity contribution in [1.29, 1.82) is 0 Å². The molecule has 1 heterocycles. The molecule has 6 heteroatoms. The summed E-state index contributed by atoms with van der Waals surface area (Å²) in [4.78, 5) is 18.6. The zero-order chi connectivity index (χ0) is 24.6. The summed E-state index contributed by atoms with van der Waals surface area (Å²) in [5.41, 5.74) is 1.41. The Labute approximate surface area is 207 Å². The van der Waals surface area contributed by atoms with Crippen molar-refractivity contribution < 1.29 is 9.90 Å². The van der Waals surface area contributed by atoms with Gasteiger partial charge in [0.2, 0.25) is 0 Å². The molecule has 0 aromatic carbocycles. The summed E-state index contributed by atoms with van der Waals surface area (Å²) in [6.45, 7) is 13.5. The number of thioether (sulfide) groups is 1. The second-order valence-electron chi connectivity index (χ2n) is 10.4.